The second-order valence-corrected chi connectivity index (χ2v) is 8.90. The number of likely N-dealkylation sites (tertiary alicyclic amines) is 1. The first-order valence-electron chi connectivity index (χ1n) is 9.95. The van der Waals surface area contributed by atoms with Crippen molar-refractivity contribution >= 4 is 23.3 Å². The number of hydrogen-bond acceptors (Lipinski definition) is 5. The number of hydrogen-bond donors (Lipinski definition) is 0. The molecule has 1 amide bonds. The third-order valence-electron chi connectivity index (χ3n) is 4.86. The minimum Gasteiger partial charge on any atom is -0.472 e. The Morgan fingerprint density at radius 1 is 1.30 bits per heavy atom. The molecule has 4 heterocycles. The van der Waals surface area contributed by atoms with E-state index in [0.717, 1.165) is 29.0 Å². The van der Waals surface area contributed by atoms with Crippen LogP contribution in [0.15, 0.2) is 36.7 Å². The monoisotopic (exact) mass is 428 g/mol. The molecule has 0 spiro atoms. The Kier molecular flexibility index (Phi) is 5.32. The lowest BCUT2D eigenvalue weighted by molar-refractivity contribution is 0.0275. The number of aromatic nitrogens is 3. The Labute approximate surface area is 180 Å². The number of carbonyl (C=O) groups is 1. The molecule has 3 aromatic rings. The summed E-state index contributed by atoms with van der Waals surface area (Å²) in [5.74, 6) is 0.511. The molecular formula is C22H25ClN4O3. The predicted octanol–water partition coefficient (Wildman–Crippen LogP) is 4.75. The first kappa shape index (κ1) is 20.5. The van der Waals surface area contributed by atoms with Crippen LogP contribution >= 0.6 is 11.6 Å². The van der Waals surface area contributed by atoms with E-state index >= 15 is 0 Å². The average molecular weight is 429 g/mol. The summed E-state index contributed by atoms with van der Waals surface area (Å²) in [6.45, 7) is 8.61. The number of rotatable bonds is 3. The Morgan fingerprint density at radius 2 is 2.10 bits per heavy atom. The molecule has 0 aromatic carbocycles. The van der Waals surface area contributed by atoms with Gasteiger partial charge in [0.1, 0.15) is 17.4 Å². The highest BCUT2D eigenvalue weighted by Gasteiger charge is 2.31. The topological polar surface area (TPSA) is 69.0 Å². The number of fused-ring (bicyclic) bond motifs is 1. The van der Waals surface area contributed by atoms with E-state index in [2.05, 4.69) is 9.97 Å². The van der Waals surface area contributed by atoms with E-state index in [1.807, 2.05) is 62.6 Å². The van der Waals surface area contributed by atoms with Gasteiger partial charge in [-0.05, 0) is 45.4 Å². The molecule has 0 bridgehead atoms. The van der Waals surface area contributed by atoms with Crippen LogP contribution in [-0.4, -0.2) is 50.2 Å². The number of carbonyl (C=O) groups excluding carboxylic acids is 1. The van der Waals surface area contributed by atoms with E-state index in [9.17, 15) is 4.79 Å². The smallest absolute Gasteiger partial charge is 0.410 e. The molecule has 1 fully saturated rings. The molecule has 0 saturated carbocycles. The number of ether oxygens (including phenoxy) is 2. The quantitative estimate of drug-likeness (QED) is 0.602. The standard InChI is InChI=1S/C22H25ClN4O3/c1-14-10-19-24-11-18(27(19)13-16(14)23)17-6-5-7-20(25-17)29-15-8-9-26(12-15)21(28)30-22(2,3)4/h5-7,10-11,13,15H,8-9,12H2,1-4H3. The maximum atomic E-state index is 12.3. The lowest BCUT2D eigenvalue weighted by atomic mass is 10.2. The van der Waals surface area contributed by atoms with E-state index < -0.39 is 5.60 Å². The van der Waals surface area contributed by atoms with Crippen molar-refractivity contribution in [1.82, 2.24) is 19.3 Å². The van der Waals surface area contributed by atoms with Crippen molar-refractivity contribution in [3.8, 4) is 17.3 Å². The van der Waals surface area contributed by atoms with Gasteiger partial charge in [-0.2, -0.15) is 0 Å². The molecule has 3 aromatic heterocycles. The van der Waals surface area contributed by atoms with Crippen molar-refractivity contribution in [3.63, 3.8) is 0 Å². The second-order valence-electron chi connectivity index (χ2n) is 8.49. The summed E-state index contributed by atoms with van der Waals surface area (Å²) in [7, 11) is 0. The molecule has 1 unspecified atom stereocenters. The van der Waals surface area contributed by atoms with Crippen molar-refractivity contribution in [1.29, 1.82) is 0 Å². The molecule has 7 nitrogen and oxygen atoms in total. The van der Waals surface area contributed by atoms with Crippen LogP contribution in [0.2, 0.25) is 5.02 Å². The van der Waals surface area contributed by atoms with Gasteiger partial charge in [0, 0.05) is 25.2 Å². The molecular weight excluding hydrogens is 404 g/mol. The molecule has 1 saturated heterocycles. The predicted molar refractivity (Wildman–Crippen MR) is 115 cm³/mol. The summed E-state index contributed by atoms with van der Waals surface area (Å²) < 4.78 is 13.4. The van der Waals surface area contributed by atoms with Crippen molar-refractivity contribution in [3.05, 3.63) is 47.2 Å². The minimum atomic E-state index is -0.513. The number of imidazole rings is 1. The van der Waals surface area contributed by atoms with Crippen molar-refractivity contribution in [2.24, 2.45) is 0 Å². The number of pyridine rings is 2. The van der Waals surface area contributed by atoms with E-state index in [-0.39, 0.29) is 12.2 Å². The highest BCUT2D eigenvalue weighted by atomic mass is 35.5. The van der Waals surface area contributed by atoms with Crippen molar-refractivity contribution in [2.45, 2.75) is 45.8 Å². The minimum absolute atomic E-state index is 0.125. The molecule has 1 aliphatic rings. The van der Waals surface area contributed by atoms with Crippen LogP contribution in [0.5, 0.6) is 5.88 Å². The molecule has 158 valence electrons. The summed E-state index contributed by atoms with van der Waals surface area (Å²) in [5.41, 5.74) is 2.84. The highest BCUT2D eigenvalue weighted by molar-refractivity contribution is 6.31. The fourth-order valence-corrected chi connectivity index (χ4v) is 3.55. The lowest BCUT2D eigenvalue weighted by Crippen LogP contribution is -2.36. The summed E-state index contributed by atoms with van der Waals surface area (Å²) >= 11 is 6.29. The normalized spacial score (nSPS) is 16.8. The second kappa shape index (κ2) is 7.80. The van der Waals surface area contributed by atoms with Crippen LogP contribution in [0.3, 0.4) is 0 Å². The zero-order valence-corrected chi connectivity index (χ0v) is 18.3. The largest absolute Gasteiger partial charge is 0.472 e. The summed E-state index contributed by atoms with van der Waals surface area (Å²) in [4.78, 5) is 23.0. The summed E-state index contributed by atoms with van der Waals surface area (Å²) in [6.07, 6.45) is 3.92. The van der Waals surface area contributed by atoms with E-state index in [4.69, 9.17) is 21.1 Å². The number of nitrogens with zero attached hydrogens (tertiary/aromatic N) is 4. The van der Waals surface area contributed by atoms with Gasteiger partial charge in [0.2, 0.25) is 5.88 Å². The molecule has 0 radical (unpaired) electrons. The van der Waals surface area contributed by atoms with Crippen LogP contribution in [-0.2, 0) is 4.74 Å². The van der Waals surface area contributed by atoms with Crippen LogP contribution in [0.1, 0.15) is 32.8 Å². The fraction of sp³-hybridized carbons (Fsp3) is 0.409. The lowest BCUT2D eigenvalue weighted by Gasteiger charge is -2.24. The number of aryl methyl sites for hydroxylation is 1. The third kappa shape index (κ3) is 4.36. The maximum Gasteiger partial charge on any atom is 0.410 e. The molecule has 0 aliphatic carbocycles. The third-order valence-corrected chi connectivity index (χ3v) is 5.26. The van der Waals surface area contributed by atoms with Gasteiger partial charge in [0.05, 0.1) is 29.2 Å². The van der Waals surface area contributed by atoms with Crippen LogP contribution in [0.4, 0.5) is 4.79 Å². The van der Waals surface area contributed by atoms with E-state index in [1.165, 1.54) is 0 Å². The van der Waals surface area contributed by atoms with Gasteiger partial charge in [-0.3, -0.25) is 4.40 Å². The summed E-state index contributed by atoms with van der Waals surface area (Å²) in [5, 5.41) is 0.669. The van der Waals surface area contributed by atoms with Gasteiger partial charge in [0.25, 0.3) is 0 Å². The van der Waals surface area contributed by atoms with Crippen LogP contribution < -0.4 is 4.74 Å². The fourth-order valence-electron chi connectivity index (χ4n) is 3.40. The highest BCUT2D eigenvalue weighted by Crippen LogP contribution is 2.26. The molecule has 8 heteroatoms. The van der Waals surface area contributed by atoms with Gasteiger partial charge in [0.15, 0.2) is 0 Å². The zero-order valence-electron chi connectivity index (χ0n) is 17.6. The number of halogens is 1. The molecule has 30 heavy (non-hydrogen) atoms. The Bertz CT molecular complexity index is 1090. The first-order valence-corrected chi connectivity index (χ1v) is 10.3. The van der Waals surface area contributed by atoms with Crippen molar-refractivity contribution in [2.75, 3.05) is 13.1 Å². The van der Waals surface area contributed by atoms with E-state index in [0.29, 0.717) is 24.0 Å². The Balaban J connectivity index is 1.49. The van der Waals surface area contributed by atoms with E-state index in [1.54, 1.807) is 11.1 Å². The van der Waals surface area contributed by atoms with Crippen LogP contribution in [0, 0.1) is 6.92 Å². The molecule has 4 rings (SSSR count). The SMILES string of the molecule is Cc1cc2ncc(-c3cccc(OC4CCN(C(=O)OC(C)(C)C)C4)n3)n2cc1Cl. The van der Waals surface area contributed by atoms with Gasteiger partial charge in [-0.1, -0.05) is 17.7 Å². The van der Waals surface area contributed by atoms with Gasteiger partial charge in [-0.25, -0.2) is 14.8 Å². The first-order chi connectivity index (χ1) is 14.2. The summed E-state index contributed by atoms with van der Waals surface area (Å²) in [6, 6.07) is 7.56. The molecule has 1 atom stereocenters. The maximum absolute atomic E-state index is 12.3. The Hall–Kier alpha value is -2.80. The zero-order chi connectivity index (χ0) is 21.5. The molecule has 0 N–H and O–H groups in total. The van der Waals surface area contributed by atoms with Gasteiger partial charge < -0.3 is 14.4 Å². The van der Waals surface area contributed by atoms with Gasteiger partial charge in [-0.15, -0.1) is 0 Å². The number of amides is 1. The van der Waals surface area contributed by atoms with Crippen LogP contribution in [0.25, 0.3) is 17.0 Å². The molecule has 1 aliphatic heterocycles. The van der Waals surface area contributed by atoms with Gasteiger partial charge >= 0.3 is 6.09 Å². The average Bonchev–Trinajstić information content (AvgIpc) is 3.28. The van der Waals surface area contributed by atoms with Crippen molar-refractivity contribution < 1.29 is 14.3 Å². The Morgan fingerprint density at radius 3 is 2.87 bits per heavy atom.